The predicted molar refractivity (Wildman–Crippen MR) is 99.5 cm³/mol. The predicted octanol–water partition coefficient (Wildman–Crippen LogP) is 4.05. The fourth-order valence-electron chi connectivity index (χ4n) is 1.91. The standard InChI is InChI=1S/C19H21ClN2O3/c1-2-3-11-24-17-7-9-18(10-8-17)25-14-19(23)22-21-13-15-5-4-6-16(20)12-15/h4-10,12-13H,2-3,11,14H2,1H3,(H,22,23). The van der Waals surface area contributed by atoms with E-state index in [9.17, 15) is 4.79 Å². The summed E-state index contributed by atoms with van der Waals surface area (Å²) < 4.78 is 11.0. The van der Waals surface area contributed by atoms with E-state index >= 15 is 0 Å². The van der Waals surface area contributed by atoms with Gasteiger partial charge in [0.2, 0.25) is 0 Å². The molecule has 132 valence electrons. The molecule has 0 radical (unpaired) electrons. The number of rotatable bonds is 9. The van der Waals surface area contributed by atoms with Gasteiger partial charge in [0.25, 0.3) is 5.91 Å². The Morgan fingerprint density at radius 3 is 2.56 bits per heavy atom. The van der Waals surface area contributed by atoms with E-state index in [1.165, 1.54) is 6.21 Å². The molecule has 0 spiro atoms. The van der Waals surface area contributed by atoms with Crippen molar-refractivity contribution in [3.05, 3.63) is 59.1 Å². The van der Waals surface area contributed by atoms with Crippen LogP contribution in [0.2, 0.25) is 5.02 Å². The summed E-state index contributed by atoms with van der Waals surface area (Å²) in [6.07, 6.45) is 3.64. The number of benzene rings is 2. The maximum Gasteiger partial charge on any atom is 0.277 e. The van der Waals surface area contributed by atoms with Crippen LogP contribution < -0.4 is 14.9 Å². The lowest BCUT2D eigenvalue weighted by Gasteiger charge is -2.07. The van der Waals surface area contributed by atoms with E-state index in [-0.39, 0.29) is 12.5 Å². The van der Waals surface area contributed by atoms with Crippen molar-refractivity contribution in [1.29, 1.82) is 0 Å². The van der Waals surface area contributed by atoms with Crippen molar-refractivity contribution in [3.8, 4) is 11.5 Å². The van der Waals surface area contributed by atoms with Crippen molar-refractivity contribution in [1.82, 2.24) is 5.43 Å². The minimum Gasteiger partial charge on any atom is -0.494 e. The van der Waals surface area contributed by atoms with Crippen LogP contribution in [-0.2, 0) is 4.79 Å². The van der Waals surface area contributed by atoms with Gasteiger partial charge in [-0.1, -0.05) is 37.1 Å². The summed E-state index contributed by atoms with van der Waals surface area (Å²) in [5.41, 5.74) is 3.20. The highest BCUT2D eigenvalue weighted by Crippen LogP contribution is 2.17. The van der Waals surface area contributed by atoms with Crippen LogP contribution in [0.5, 0.6) is 11.5 Å². The molecule has 0 heterocycles. The van der Waals surface area contributed by atoms with E-state index in [1.807, 2.05) is 24.3 Å². The number of hydrogen-bond donors (Lipinski definition) is 1. The topological polar surface area (TPSA) is 59.9 Å². The fourth-order valence-corrected chi connectivity index (χ4v) is 2.11. The fraction of sp³-hybridized carbons (Fsp3) is 0.263. The number of nitrogens with zero attached hydrogens (tertiary/aromatic N) is 1. The molecule has 6 heteroatoms. The Hall–Kier alpha value is -2.53. The second kappa shape index (κ2) is 10.4. The van der Waals surface area contributed by atoms with Gasteiger partial charge in [0.05, 0.1) is 12.8 Å². The zero-order valence-corrected chi connectivity index (χ0v) is 14.8. The first-order chi connectivity index (χ1) is 12.2. The molecular weight excluding hydrogens is 340 g/mol. The summed E-state index contributed by atoms with van der Waals surface area (Å²) >= 11 is 5.87. The highest BCUT2D eigenvalue weighted by atomic mass is 35.5. The van der Waals surface area contributed by atoms with Gasteiger partial charge in [0.15, 0.2) is 6.61 Å². The highest BCUT2D eigenvalue weighted by molar-refractivity contribution is 6.30. The second-order valence-electron chi connectivity index (χ2n) is 5.31. The van der Waals surface area contributed by atoms with Crippen LogP contribution in [0.3, 0.4) is 0 Å². The Labute approximate surface area is 152 Å². The number of ether oxygens (including phenoxy) is 2. The number of amides is 1. The largest absolute Gasteiger partial charge is 0.494 e. The molecule has 0 unspecified atom stereocenters. The maximum absolute atomic E-state index is 11.7. The molecule has 0 fully saturated rings. The highest BCUT2D eigenvalue weighted by Gasteiger charge is 2.02. The first kappa shape index (κ1) is 18.8. The molecule has 0 saturated carbocycles. The van der Waals surface area contributed by atoms with Crippen molar-refractivity contribution in [2.75, 3.05) is 13.2 Å². The molecule has 0 bridgehead atoms. The van der Waals surface area contributed by atoms with Crippen molar-refractivity contribution in [2.24, 2.45) is 5.10 Å². The molecular formula is C19H21ClN2O3. The van der Waals surface area contributed by atoms with Crippen LogP contribution in [0.4, 0.5) is 0 Å². The maximum atomic E-state index is 11.7. The van der Waals surface area contributed by atoms with Gasteiger partial charge < -0.3 is 9.47 Å². The third-order valence-corrected chi connectivity index (χ3v) is 3.45. The molecule has 2 aromatic carbocycles. The minimum absolute atomic E-state index is 0.122. The second-order valence-corrected chi connectivity index (χ2v) is 5.75. The summed E-state index contributed by atoms with van der Waals surface area (Å²) in [6.45, 7) is 2.69. The molecule has 0 saturated heterocycles. The summed E-state index contributed by atoms with van der Waals surface area (Å²) in [5, 5.41) is 4.48. The number of halogens is 1. The Kier molecular flexibility index (Phi) is 7.79. The molecule has 1 amide bonds. The van der Waals surface area contributed by atoms with Gasteiger partial charge in [0.1, 0.15) is 11.5 Å². The zero-order chi connectivity index (χ0) is 17.9. The van der Waals surface area contributed by atoms with Gasteiger partial charge in [-0.05, 0) is 48.4 Å². The van der Waals surface area contributed by atoms with E-state index in [0.717, 1.165) is 24.2 Å². The normalized spacial score (nSPS) is 10.6. The van der Waals surface area contributed by atoms with Crippen molar-refractivity contribution in [3.63, 3.8) is 0 Å². The van der Waals surface area contributed by atoms with Crippen LogP contribution in [0, 0.1) is 0 Å². The molecule has 0 aliphatic heterocycles. The molecule has 2 aromatic rings. The lowest BCUT2D eigenvalue weighted by Crippen LogP contribution is -2.24. The van der Waals surface area contributed by atoms with Gasteiger partial charge in [-0.2, -0.15) is 5.10 Å². The van der Waals surface area contributed by atoms with Crippen molar-refractivity contribution < 1.29 is 14.3 Å². The average molecular weight is 361 g/mol. The zero-order valence-electron chi connectivity index (χ0n) is 14.1. The number of hydrazone groups is 1. The van der Waals surface area contributed by atoms with Crippen LogP contribution in [0.25, 0.3) is 0 Å². The summed E-state index contributed by atoms with van der Waals surface area (Å²) in [5.74, 6) is 1.04. The van der Waals surface area contributed by atoms with E-state index in [4.69, 9.17) is 21.1 Å². The smallest absolute Gasteiger partial charge is 0.277 e. The first-order valence-electron chi connectivity index (χ1n) is 8.10. The monoisotopic (exact) mass is 360 g/mol. The lowest BCUT2D eigenvalue weighted by atomic mass is 10.2. The van der Waals surface area contributed by atoms with E-state index in [1.54, 1.807) is 24.3 Å². The molecule has 0 aromatic heterocycles. The Morgan fingerprint density at radius 2 is 1.88 bits per heavy atom. The van der Waals surface area contributed by atoms with Gasteiger partial charge in [-0.3, -0.25) is 4.79 Å². The molecule has 0 aliphatic rings. The summed E-state index contributed by atoms with van der Waals surface area (Å²) in [4.78, 5) is 11.7. The van der Waals surface area contributed by atoms with Gasteiger partial charge >= 0.3 is 0 Å². The SMILES string of the molecule is CCCCOc1ccc(OCC(=O)NN=Cc2cccc(Cl)c2)cc1. The third-order valence-electron chi connectivity index (χ3n) is 3.21. The Morgan fingerprint density at radius 1 is 1.16 bits per heavy atom. The van der Waals surface area contributed by atoms with E-state index in [0.29, 0.717) is 17.4 Å². The van der Waals surface area contributed by atoms with Crippen molar-refractivity contribution in [2.45, 2.75) is 19.8 Å². The number of unbranched alkanes of at least 4 members (excludes halogenated alkanes) is 1. The molecule has 1 N–H and O–H groups in total. The third kappa shape index (κ3) is 7.27. The molecule has 25 heavy (non-hydrogen) atoms. The van der Waals surface area contributed by atoms with Crippen LogP contribution in [0.15, 0.2) is 53.6 Å². The first-order valence-corrected chi connectivity index (χ1v) is 8.48. The average Bonchev–Trinajstić information content (AvgIpc) is 2.61. The molecule has 2 rings (SSSR count). The van der Waals surface area contributed by atoms with E-state index in [2.05, 4.69) is 17.5 Å². The van der Waals surface area contributed by atoms with Crippen LogP contribution in [0.1, 0.15) is 25.3 Å². The van der Waals surface area contributed by atoms with Gasteiger partial charge in [-0.25, -0.2) is 5.43 Å². The van der Waals surface area contributed by atoms with E-state index < -0.39 is 0 Å². The number of carbonyl (C=O) groups is 1. The quantitative estimate of drug-likeness (QED) is 0.417. The Bertz CT molecular complexity index is 702. The summed E-state index contributed by atoms with van der Waals surface area (Å²) in [7, 11) is 0. The summed E-state index contributed by atoms with van der Waals surface area (Å²) in [6, 6.07) is 14.3. The lowest BCUT2D eigenvalue weighted by molar-refractivity contribution is -0.123. The number of hydrogen-bond acceptors (Lipinski definition) is 4. The van der Waals surface area contributed by atoms with Gasteiger partial charge in [-0.15, -0.1) is 0 Å². The van der Waals surface area contributed by atoms with Crippen LogP contribution in [-0.4, -0.2) is 25.3 Å². The van der Waals surface area contributed by atoms with Crippen molar-refractivity contribution >= 4 is 23.7 Å². The van der Waals surface area contributed by atoms with Gasteiger partial charge in [0, 0.05) is 5.02 Å². The molecule has 0 atom stereocenters. The number of nitrogens with one attached hydrogen (secondary N) is 1. The minimum atomic E-state index is -0.346. The number of carbonyl (C=O) groups excluding carboxylic acids is 1. The molecule has 5 nitrogen and oxygen atoms in total. The van der Waals surface area contributed by atoms with Crippen LogP contribution >= 0.6 is 11.6 Å². The molecule has 0 aliphatic carbocycles. The Balaban J connectivity index is 1.72.